The Hall–Kier alpha value is -1.59. The molecule has 1 aliphatic heterocycles. The molecular formula is C20H30ClN3O2. The van der Waals surface area contributed by atoms with Crippen LogP contribution in [0.1, 0.15) is 49.9 Å². The Balaban J connectivity index is 0.00000243. The smallest absolute Gasteiger partial charge is 0.255 e. The predicted octanol–water partition coefficient (Wildman–Crippen LogP) is 3.29. The molecule has 2 fully saturated rings. The molecule has 0 aromatic heterocycles. The van der Waals surface area contributed by atoms with Crippen molar-refractivity contribution in [3.05, 3.63) is 29.8 Å². The molecule has 1 aromatic rings. The monoisotopic (exact) mass is 379 g/mol. The minimum absolute atomic E-state index is 0. The molecule has 1 heterocycles. The fourth-order valence-corrected chi connectivity index (χ4v) is 4.27. The minimum Gasteiger partial charge on any atom is -0.338 e. The molecule has 2 aliphatic rings. The van der Waals surface area contributed by atoms with Crippen LogP contribution in [0.4, 0.5) is 5.69 Å². The van der Waals surface area contributed by atoms with Gasteiger partial charge in [0.25, 0.3) is 5.91 Å². The summed E-state index contributed by atoms with van der Waals surface area (Å²) in [6, 6.07) is 7.45. The normalized spacial score (nSPS) is 28.3. The second kappa shape index (κ2) is 8.87. The lowest BCUT2D eigenvalue weighted by molar-refractivity contribution is -0.119. The topological polar surface area (TPSA) is 75.4 Å². The van der Waals surface area contributed by atoms with Crippen molar-refractivity contribution >= 4 is 29.9 Å². The van der Waals surface area contributed by atoms with Crippen LogP contribution in [0.2, 0.25) is 0 Å². The number of halogens is 1. The van der Waals surface area contributed by atoms with Gasteiger partial charge in [0.05, 0.1) is 11.3 Å². The van der Waals surface area contributed by atoms with Crippen LogP contribution in [-0.4, -0.2) is 35.8 Å². The van der Waals surface area contributed by atoms with Gasteiger partial charge in [0.1, 0.15) is 0 Å². The molecule has 5 nitrogen and oxygen atoms in total. The number of para-hydroxylation sites is 1. The number of hydrogen-bond acceptors (Lipinski definition) is 3. The number of likely N-dealkylation sites (tertiary alicyclic amines) is 1. The number of benzene rings is 1. The van der Waals surface area contributed by atoms with Crippen LogP contribution in [-0.2, 0) is 4.79 Å². The van der Waals surface area contributed by atoms with Crippen LogP contribution < -0.4 is 11.1 Å². The molecule has 0 bridgehead atoms. The molecule has 2 amide bonds. The van der Waals surface area contributed by atoms with E-state index in [-0.39, 0.29) is 36.2 Å². The van der Waals surface area contributed by atoms with E-state index in [4.69, 9.17) is 5.73 Å². The van der Waals surface area contributed by atoms with Crippen molar-refractivity contribution in [1.29, 1.82) is 0 Å². The van der Waals surface area contributed by atoms with E-state index in [1.54, 1.807) is 0 Å². The lowest BCUT2D eigenvalue weighted by Gasteiger charge is -2.35. The summed E-state index contributed by atoms with van der Waals surface area (Å²) in [7, 11) is 0. The zero-order chi connectivity index (χ0) is 18.0. The van der Waals surface area contributed by atoms with Gasteiger partial charge in [-0.1, -0.05) is 26.0 Å². The fourth-order valence-electron chi connectivity index (χ4n) is 4.27. The van der Waals surface area contributed by atoms with E-state index in [0.717, 1.165) is 38.8 Å². The summed E-state index contributed by atoms with van der Waals surface area (Å²) in [5.41, 5.74) is 7.11. The van der Waals surface area contributed by atoms with Crippen molar-refractivity contribution in [2.75, 3.05) is 18.4 Å². The molecule has 144 valence electrons. The summed E-state index contributed by atoms with van der Waals surface area (Å²) in [4.78, 5) is 27.5. The average molecular weight is 380 g/mol. The molecule has 3 rings (SSSR count). The molecule has 6 heteroatoms. The fraction of sp³-hybridized carbons (Fsp3) is 0.600. The van der Waals surface area contributed by atoms with Gasteiger partial charge in [-0.2, -0.15) is 0 Å². The van der Waals surface area contributed by atoms with E-state index >= 15 is 0 Å². The number of nitrogens with two attached hydrogens (primary N) is 1. The average Bonchev–Trinajstić information content (AvgIpc) is 3.00. The Labute approximate surface area is 162 Å². The number of nitrogens with one attached hydrogen (secondary N) is 1. The first-order chi connectivity index (χ1) is 11.9. The van der Waals surface area contributed by atoms with Crippen molar-refractivity contribution in [1.82, 2.24) is 4.90 Å². The second-order valence-electron chi connectivity index (χ2n) is 7.96. The van der Waals surface area contributed by atoms with Crippen molar-refractivity contribution in [3.8, 4) is 0 Å². The highest BCUT2D eigenvalue weighted by Crippen LogP contribution is 2.28. The number of anilines is 1. The van der Waals surface area contributed by atoms with Gasteiger partial charge in [-0.15, -0.1) is 12.4 Å². The van der Waals surface area contributed by atoms with Crippen LogP contribution >= 0.6 is 12.4 Å². The zero-order valence-corrected chi connectivity index (χ0v) is 16.4. The van der Waals surface area contributed by atoms with E-state index in [1.807, 2.05) is 29.2 Å². The third-order valence-electron chi connectivity index (χ3n) is 5.42. The van der Waals surface area contributed by atoms with E-state index in [0.29, 0.717) is 23.1 Å². The number of piperidine rings is 1. The molecule has 1 saturated carbocycles. The van der Waals surface area contributed by atoms with E-state index in [1.165, 1.54) is 0 Å². The molecule has 26 heavy (non-hydrogen) atoms. The molecule has 4 atom stereocenters. The highest BCUT2D eigenvalue weighted by atomic mass is 35.5. The number of hydrogen-bond donors (Lipinski definition) is 2. The maximum absolute atomic E-state index is 13.0. The summed E-state index contributed by atoms with van der Waals surface area (Å²) in [5, 5.41) is 2.97. The molecule has 1 aliphatic carbocycles. The number of amides is 2. The Kier molecular flexibility index (Phi) is 7.07. The molecule has 4 unspecified atom stereocenters. The summed E-state index contributed by atoms with van der Waals surface area (Å²) in [6.45, 7) is 5.94. The maximum Gasteiger partial charge on any atom is 0.255 e. The van der Waals surface area contributed by atoms with Crippen molar-refractivity contribution in [2.24, 2.45) is 23.5 Å². The third-order valence-corrected chi connectivity index (χ3v) is 5.42. The number of nitrogens with zero attached hydrogens (tertiary/aromatic N) is 1. The van der Waals surface area contributed by atoms with E-state index in [2.05, 4.69) is 19.2 Å². The van der Waals surface area contributed by atoms with Crippen molar-refractivity contribution < 1.29 is 9.59 Å². The Morgan fingerprint density at radius 2 is 1.73 bits per heavy atom. The van der Waals surface area contributed by atoms with Gasteiger partial charge in [-0.3, -0.25) is 9.59 Å². The Morgan fingerprint density at radius 1 is 1.08 bits per heavy atom. The molecular weight excluding hydrogens is 350 g/mol. The second-order valence-corrected chi connectivity index (χ2v) is 7.96. The summed E-state index contributed by atoms with van der Waals surface area (Å²) in [6.07, 6.45) is 3.60. The van der Waals surface area contributed by atoms with Gasteiger partial charge in [0.2, 0.25) is 5.91 Å². The lowest BCUT2D eigenvalue weighted by atomic mass is 9.91. The highest BCUT2D eigenvalue weighted by molar-refractivity contribution is 6.04. The van der Waals surface area contributed by atoms with E-state index in [9.17, 15) is 9.59 Å². The Bertz CT molecular complexity index is 642. The van der Waals surface area contributed by atoms with Crippen molar-refractivity contribution in [3.63, 3.8) is 0 Å². The first kappa shape index (κ1) is 20.7. The van der Waals surface area contributed by atoms with Crippen LogP contribution in [0.3, 0.4) is 0 Å². The quantitative estimate of drug-likeness (QED) is 0.846. The summed E-state index contributed by atoms with van der Waals surface area (Å²) < 4.78 is 0. The van der Waals surface area contributed by atoms with Gasteiger partial charge < -0.3 is 16.0 Å². The SMILES string of the molecule is CC1CC(C)CN(C(=O)c2ccccc2NC(=O)C2CCC(N)C2)C1.Cl. The van der Waals surface area contributed by atoms with Gasteiger partial charge in [-0.25, -0.2) is 0 Å². The van der Waals surface area contributed by atoms with Gasteiger partial charge in [-0.05, 0) is 49.7 Å². The third kappa shape index (κ3) is 4.77. The molecule has 3 N–H and O–H groups in total. The first-order valence-electron chi connectivity index (χ1n) is 9.38. The summed E-state index contributed by atoms with van der Waals surface area (Å²) >= 11 is 0. The molecule has 0 radical (unpaired) electrons. The number of carbonyl (C=O) groups excluding carboxylic acids is 2. The van der Waals surface area contributed by atoms with Crippen LogP contribution in [0.25, 0.3) is 0 Å². The molecule has 1 aromatic carbocycles. The standard InChI is InChI=1S/C20H29N3O2.ClH/c1-13-9-14(2)12-23(11-13)20(25)17-5-3-4-6-18(17)22-19(24)15-7-8-16(21)10-15;/h3-6,13-16H,7-12,21H2,1-2H3,(H,22,24);1H. The molecule has 0 spiro atoms. The van der Waals surface area contributed by atoms with Crippen molar-refractivity contribution in [2.45, 2.75) is 45.6 Å². The van der Waals surface area contributed by atoms with Crippen LogP contribution in [0, 0.1) is 17.8 Å². The van der Waals surface area contributed by atoms with E-state index < -0.39 is 0 Å². The van der Waals surface area contributed by atoms with Crippen LogP contribution in [0.5, 0.6) is 0 Å². The van der Waals surface area contributed by atoms with Gasteiger partial charge in [0.15, 0.2) is 0 Å². The number of carbonyl (C=O) groups is 2. The number of rotatable bonds is 3. The maximum atomic E-state index is 13.0. The van der Waals surface area contributed by atoms with Gasteiger partial charge >= 0.3 is 0 Å². The largest absolute Gasteiger partial charge is 0.338 e. The predicted molar refractivity (Wildman–Crippen MR) is 106 cm³/mol. The highest BCUT2D eigenvalue weighted by Gasteiger charge is 2.30. The Morgan fingerprint density at radius 3 is 2.35 bits per heavy atom. The van der Waals surface area contributed by atoms with Crippen LogP contribution in [0.15, 0.2) is 24.3 Å². The first-order valence-corrected chi connectivity index (χ1v) is 9.38. The molecule has 1 saturated heterocycles. The minimum atomic E-state index is -0.0480. The lowest BCUT2D eigenvalue weighted by Crippen LogP contribution is -2.42. The summed E-state index contributed by atoms with van der Waals surface area (Å²) in [5.74, 6) is 0.961. The van der Waals surface area contributed by atoms with Gasteiger partial charge in [0, 0.05) is 25.0 Å². The zero-order valence-electron chi connectivity index (χ0n) is 15.6.